The van der Waals surface area contributed by atoms with Crippen LogP contribution in [0.5, 0.6) is 5.75 Å². The van der Waals surface area contributed by atoms with E-state index in [4.69, 9.17) is 4.74 Å². The van der Waals surface area contributed by atoms with Gasteiger partial charge in [0.05, 0.1) is 10.0 Å². The number of hydrogen-bond donors (Lipinski definition) is 1. The molecule has 2 aromatic rings. The summed E-state index contributed by atoms with van der Waals surface area (Å²) in [6.07, 6.45) is 1.49. The first-order valence-corrected chi connectivity index (χ1v) is 10.6. The van der Waals surface area contributed by atoms with Gasteiger partial charge in [0, 0.05) is 13.1 Å². The number of halogens is 2. The predicted octanol–water partition coefficient (Wildman–Crippen LogP) is 3.24. The van der Waals surface area contributed by atoms with E-state index in [1.54, 1.807) is 12.1 Å². The molecule has 1 aliphatic heterocycles. The van der Waals surface area contributed by atoms with Crippen molar-refractivity contribution >= 4 is 32.0 Å². The lowest BCUT2D eigenvalue weighted by molar-refractivity contribution is 0.0973. The van der Waals surface area contributed by atoms with Crippen LogP contribution < -0.4 is 9.46 Å². The van der Waals surface area contributed by atoms with Crippen molar-refractivity contribution in [2.24, 2.45) is 0 Å². The highest BCUT2D eigenvalue weighted by atomic mass is 79.9. The molecular formula is C18H18BrFN2O4S. The minimum atomic E-state index is -3.97. The predicted molar refractivity (Wildman–Crippen MR) is 102 cm³/mol. The minimum Gasteiger partial charge on any atom is -0.485 e. The largest absolute Gasteiger partial charge is 0.485 e. The molecule has 1 fully saturated rings. The number of ether oxygens (including phenoxy) is 1. The van der Waals surface area contributed by atoms with Gasteiger partial charge in [-0.05, 0) is 46.5 Å². The highest BCUT2D eigenvalue weighted by Gasteiger charge is 2.29. The van der Waals surface area contributed by atoms with Crippen LogP contribution in [0.4, 0.5) is 4.39 Å². The molecule has 0 unspecified atom stereocenters. The first kappa shape index (κ1) is 19.8. The van der Waals surface area contributed by atoms with Gasteiger partial charge in [-0.1, -0.05) is 30.3 Å². The number of benzene rings is 2. The third-order valence-electron chi connectivity index (χ3n) is 4.15. The van der Waals surface area contributed by atoms with Crippen molar-refractivity contribution in [3.63, 3.8) is 0 Å². The quantitative estimate of drug-likeness (QED) is 0.723. The first-order chi connectivity index (χ1) is 12.9. The normalized spacial score (nSPS) is 14.9. The maximum absolute atomic E-state index is 14.5. The summed E-state index contributed by atoms with van der Waals surface area (Å²) in [5.74, 6) is -2.00. The summed E-state index contributed by atoms with van der Waals surface area (Å²) >= 11 is 3.06. The molecular weight excluding hydrogens is 439 g/mol. The van der Waals surface area contributed by atoms with Crippen LogP contribution in [0.1, 0.15) is 28.8 Å². The second-order valence-corrected chi connectivity index (χ2v) is 8.58. The fraction of sp³-hybridized carbons (Fsp3) is 0.278. The molecule has 0 atom stereocenters. The fourth-order valence-corrected chi connectivity index (χ4v) is 4.27. The van der Waals surface area contributed by atoms with Gasteiger partial charge in [-0.25, -0.2) is 9.11 Å². The molecule has 6 nitrogen and oxygen atoms in total. The van der Waals surface area contributed by atoms with Crippen LogP contribution in [0, 0.1) is 5.82 Å². The molecule has 0 saturated carbocycles. The van der Waals surface area contributed by atoms with E-state index in [0.717, 1.165) is 18.4 Å². The zero-order valence-electron chi connectivity index (χ0n) is 14.3. The summed E-state index contributed by atoms with van der Waals surface area (Å²) in [6.45, 7) is 0.747. The van der Waals surface area contributed by atoms with E-state index < -0.39 is 21.9 Å². The van der Waals surface area contributed by atoms with Gasteiger partial charge in [0.25, 0.3) is 5.91 Å². The number of carbonyl (C=O) groups is 1. The smallest absolute Gasteiger partial charge is 0.304 e. The number of carbonyl (C=O) groups excluding carboxylic acids is 1. The Hall–Kier alpha value is -1.97. The van der Waals surface area contributed by atoms with Crippen LogP contribution in [0.25, 0.3) is 0 Å². The molecule has 1 amide bonds. The average molecular weight is 457 g/mol. The Balaban J connectivity index is 1.83. The summed E-state index contributed by atoms with van der Waals surface area (Å²) in [5, 5.41) is 0. The number of nitrogens with one attached hydrogen (secondary N) is 1. The van der Waals surface area contributed by atoms with E-state index in [0.29, 0.717) is 13.1 Å². The van der Waals surface area contributed by atoms with E-state index in [1.165, 1.54) is 16.4 Å². The highest BCUT2D eigenvalue weighted by molar-refractivity contribution is 9.10. The molecule has 1 heterocycles. The molecule has 27 heavy (non-hydrogen) atoms. The number of amides is 1. The van der Waals surface area contributed by atoms with Gasteiger partial charge in [-0.3, -0.25) is 4.79 Å². The first-order valence-electron chi connectivity index (χ1n) is 8.35. The fourth-order valence-electron chi connectivity index (χ4n) is 2.75. The molecule has 0 bridgehead atoms. The zero-order chi connectivity index (χ0) is 19.4. The summed E-state index contributed by atoms with van der Waals surface area (Å²) < 4.78 is 48.0. The Kier molecular flexibility index (Phi) is 6.13. The summed E-state index contributed by atoms with van der Waals surface area (Å²) in [5.41, 5.74) is 0.599. The lowest BCUT2D eigenvalue weighted by atomic mass is 10.2. The zero-order valence-corrected chi connectivity index (χ0v) is 16.7. The third kappa shape index (κ3) is 4.66. The Labute approximate surface area is 165 Å². The van der Waals surface area contributed by atoms with Crippen LogP contribution in [0.15, 0.2) is 46.9 Å². The minimum absolute atomic E-state index is 0.0351. The Morgan fingerprint density at radius 1 is 1.15 bits per heavy atom. The van der Waals surface area contributed by atoms with E-state index in [-0.39, 0.29) is 22.4 Å². The van der Waals surface area contributed by atoms with E-state index in [1.807, 2.05) is 22.9 Å². The SMILES string of the molecule is O=C(NS(=O)(=O)N1CCCC1)c1ccc(Br)c(F)c1OCc1ccccc1. The van der Waals surface area contributed by atoms with Crippen molar-refractivity contribution in [2.75, 3.05) is 13.1 Å². The van der Waals surface area contributed by atoms with E-state index in [9.17, 15) is 17.6 Å². The van der Waals surface area contributed by atoms with Gasteiger partial charge < -0.3 is 4.74 Å². The molecule has 0 spiro atoms. The third-order valence-corrected chi connectivity index (χ3v) is 6.25. The molecule has 1 N–H and O–H groups in total. The lowest BCUT2D eigenvalue weighted by Gasteiger charge is -2.17. The van der Waals surface area contributed by atoms with Gasteiger partial charge in [0.1, 0.15) is 6.61 Å². The van der Waals surface area contributed by atoms with Gasteiger partial charge in [0.15, 0.2) is 11.6 Å². The van der Waals surface area contributed by atoms with Crippen molar-refractivity contribution < 1.29 is 22.3 Å². The van der Waals surface area contributed by atoms with Gasteiger partial charge in [-0.15, -0.1) is 0 Å². The number of nitrogens with zero attached hydrogens (tertiary/aromatic N) is 1. The summed E-state index contributed by atoms with van der Waals surface area (Å²) in [6, 6.07) is 11.7. The van der Waals surface area contributed by atoms with Crippen molar-refractivity contribution in [2.45, 2.75) is 19.4 Å². The summed E-state index contributed by atoms with van der Waals surface area (Å²) in [4.78, 5) is 12.5. The molecule has 0 radical (unpaired) electrons. The van der Waals surface area contributed by atoms with Crippen LogP contribution in [0.2, 0.25) is 0 Å². The van der Waals surface area contributed by atoms with Gasteiger partial charge in [0.2, 0.25) is 0 Å². The topological polar surface area (TPSA) is 75.7 Å². The van der Waals surface area contributed by atoms with Crippen molar-refractivity contribution in [1.82, 2.24) is 9.03 Å². The molecule has 0 aliphatic carbocycles. The molecule has 1 saturated heterocycles. The Bertz CT molecular complexity index is 932. The van der Waals surface area contributed by atoms with E-state index in [2.05, 4.69) is 15.9 Å². The number of rotatable bonds is 6. The average Bonchev–Trinajstić information content (AvgIpc) is 3.19. The van der Waals surface area contributed by atoms with E-state index >= 15 is 0 Å². The molecule has 0 aromatic heterocycles. The molecule has 1 aliphatic rings. The van der Waals surface area contributed by atoms with Crippen molar-refractivity contribution in [3.05, 3.63) is 63.9 Å². The molecule has 2 aromatic carbocycles. The van der Waals surface area contributed by atoms with Crippen LogP contribution >= 0.6 is 15.9 Å². The highest BCUT2D eigenvalue weighted by Crippen LogP contribution is 2.30. The van der Waals surface area contributed by atoms with Crippen LogP contribution in [-0.2, 0) is 16.8 Å². The second kappa shape index (κ2) is 8.37. The maximum atomic E-state index is 14.5. The molecule has 9 heteroatoms. The van der Waals surface area contributed by atoms with Crippen LogP contribution in [0.3, 0.4) is 0 Å². The molecule has 3 rings (SSSR count). The number of hydrogen-bond acceptors (Lipinski definition) is 4. The lowest BCUT2D eigenvalue weighted by Crippen LogP contribution is -2.42. The standard InChI is InChI=1S/C18H18BrFN2O4S/c19-15-9-8-14(18(23)21-27(24,25)22-10-4-5-11-22)17(16(15)20)26-12-13-6-2-1-3-7-13/h1-3,6-9H,4-5,10-12H2,(H,21,23). The van der Waals surface area contributed by atoms with Gasteiger partial charge >= 0.3 is 10.2 Å². The summed E-state index contributed by atoms with van der Waals surface area (Å²) in [7, 11) is -3.97. The van der Waals surface area contributed by atoms with Crippen molar-refractivity contribution in [1.29, 1.82) is 0 Å². The Morgan fingerprint density at radius 3 is 2.48 bits per heavy atom. The Morgan fingerprint density at radius 2 is 1.81 bits per heavy atom. The second-order valence-electron chi connectivity index (χ2n) is 6.05. The maximum Gasteiger partial charge on any atom is 0.304 e. The van der Waals surface area contributed by atoms with Crippen molar-refractivity contribution in [3.8, 4) is 5.75 Å². The molecule has 144 valence electrons. The monoisotopic (exact) mass is 456 g/mol. The van der Waals surface area contributed by atoms with Crippen LogP contribution in [-0.4, -0.2) is 31.7 Å². The van der Waals surface area contributed by atoms with Gasteiger partial charge in [-0.2, -0.15) is 12.7 Å².